The smallest absolute Gasteiger partial charge is 0.175 e. The van der Waals surface area contributed by atoms with Crippen LogP contribution in [0.1, 0.15) is 44.1 Å². The van der Waals surface area contributed by atoms with Gasteiger partial charge in [0.05, 0.1) is 4.90 Å². The van der Waals surface area contributed by atoms with Crippen LogP contribution in [0.3, 0.4) is 0 Å². The monoisotopic (exact) mass is 295 g/mol. The highest BCUT2D eigenvalue weighted by Crippen LogP contribution is 2.29. The van der Waals surface area contributed by atoms with Gasteiger partial charge in [0.15, 0.2) is 9.84 Å². The molecule has 1 aromatic carbocycles. The number of hydrogen-bond donors (Lipinski definition) is 0. The van der Waals surface area contributed by atoms with Crippen LogP contribution in [0, 0.1) is 0 Å². The molecule has 3 nitrogen and oxygen atoms in total. The molecule has 1 fully saturated rings. The number of hydrogen-bond acceptors (Lipinski definition) is 3. The standard InChI is InChI=1S/C16H25NO2S/c1-3-4-10-17-11-8-14(9-12-17)15-6-5-7-16(13-15)20(2,18)19/h5-7,13-14H,3-4,8-12H2,1-2H3. The summed E-state index contributed by atoms with van der Waals surface area (Å²) in [6.07, 6.45) is 6.07. The highest BCUT2D eigenvalue weighted by atomic mass is 32.2. The molecule has 112 valence electrons. The number of piperidine rings is 1. The normalized spacial score (nSPS) is 18.3. The van der Waals surface area contributed by atoms with E-state index in [-0.39, 0.29) is 0 Å². The number of nitrogens with zero attached hydrogens (tertiary/aromatic N) is 1. The van der Waals surface area contributed by atoms with Crippen molar-refractivity contribution in [2.45, 2.75) is 43.4 Å². The van der Waals surface area contributed by atoms with E-state index in [1.165, 1.54) is 31.2 Å². The lowest BCUT2D eigenvalue weighted by Gasteiger charge is -2.32. The van der Waals surface area contributed by atoms with Crippen molar-refractivity contribution in [2.75, 3.05) is 25.9 Å². The SMILES string of the molecule is CCCCN1CCC(c2cccc(S(C)(=O)=O)c2)CC1. The van der Waals surface area contributed by atoms with E-state index in [0.29, 0.717) is 10.8 Å². The Balaban J connectivity index is 2.00. The first kappa shape index (κ1) is 15.5. The molecule has 0 aromatic heterocycles. The Labute approximate surface area is 122 Å². The van der Waals surface area contributed by atoms with Crippen molar-refractivity contribution in [1.29, 1.82) is 0 Å². The van der Waals surface area contributed by atoms with Crippen LogP contribution < -0.4 is 0 Å². The molecule has 0 saturated carbocycles. The highest BCUT2D eigenvalue weighted by molar-refractivity contribution is 7.90. The molecule has 0 atom stereocenters. The molecule has 0 bridgehead atoms. The topological polar surface area (TPSA) is 37.4 Å². The lowest BCUT2D eigenvalue weighted by molar-refractivity contribution is 0.209. The fourth-order valence-corrected chi connectivity index (χ4v) is 3.55. The van der Waals surface area contributed by atoms with Gasteiger partial charge >= 0.3 is 0 Å². The molecule has 20 heavy (non-hydrogen) atoms. The van der Waals surface area contributed by atoms with Crippen LogP contribution in [-0.4, -0.2) is 39.2 Å². The van der Waals surface area contributed by atoms with Crippen LogP contribution in [0.15, 0.2) is 29.2 Å². The zero-order valence-corrected chi connectivity index (χ0v) is 13.3. The van der Waals surface area contributed by atoms with Gasteiger partial charge in [0, 0.05) is 6.26 Å². The molecule has 0 radical (unpaired) electrons. The molecule has 0 spiro atoms. The van der Waals surface area contributed by atoms with Gasteiger partial charge in [-0.2, -0.15) is 0 Å². The first-order chi connectivity index (χ1) is 9.50. The van der Waals surface area contributed by atoms with Gasteiger partial charge in [0.2, 0.25) is 0 Å². The largest absolute Gasteiger partial charge is 0.303 e. The van der Waals surface area contributed by atoms with Crippen molar-refractivity contribution in [3.05, 3.63) is 29.8 Å². The minimum atomic E-state index is -3.10. The van der Waals surface area contributed by atoms with Crippen LogP contribution in [0.25, 0.3) is 0 Å². The third-order valence-corrected chi connectivity index (χ3v) is 5.28. The first-order valence-electron chi connectivity index (χ1n) is 7.53. The minimum Gasteiger partial charge on any atom is -0.303 e. The van der Waals surface area contributed by atoms with Crippen molar-refractivity contribution in [1.82, 2.24) is 4.90 Å². The summed E-state index contributed by atoms with van der Waals surface area (Å²) in [5.74, 6) is 0.509. The van der Waals surface area contributed by atoms with Crippen molar-refractivity contribution in [2.24, 2.45) is 0 Å². The van der Waals surface area contributed by atoms with Crippen LogP contribution in [0.4, 0.5) is 0 Å². The summed E-state index contributed by atoms with van der Waals surface area (Å²) in [7, 11) is -3.10. The van der Waals surface area contributed by atoms with Crippen LogP contribution in [-0.2, 0) is 9.84 Å². The Morgan fingerprint density at radius 1 is 1.25 bits per heavy atom. The van der Waals surface area contributed by atoms with E-state index in [0.717, 1.165) is 25.9 Å². The number of unbranched alkanes of at least 4 members (excludes halogenated alkanes) is 1. The molecular weight excluding hydrogens is 270 g/mol. The van der Waals surface area contributed by atoms with E-state index >= 15 is 0 Å². The Hall–Kier alpha value is -0.870. The molecule has 1 heterocycles. The van der Waals surface area contributed by atoms with Gasteiger partial charge in [-0.25, -0.2) is 8.42 Å². The molecule has 1 aliphatic rings. The van der Waals surface area contributed by atoms with Gasteiger partial charge in [0.25, 0.3) is 0 Å². The Morgan fingerprint density at radius 2 is 1.95 bits per heavy atom. The maximum absolute atomic E-state index is 11.6. The van der Waals surface area contributed by atoms with E-state index < -0.39 is 9.84 Å². The van der Waals surface area contributed by atoms with Gasteiger partial charge in [-0.05, 0) is 62.5 Å². The second-order valence-electron chi connectivity index (χ2n) is 5.81. The molecule has 2 rings (SSSR count). The summed E-state index contributed by atoms with van der Waals surface area (Å²) in [5, 5.41) is 0. The summed E-state index contributed by atoms with van der Waals surface area (Å²) in [5.41, 5.74) is 1.18. The number of benzene rings is 1. The third-order valence-electron chi connectivity index (χ3n) is 4.17. The van der Waals surface area contributed by atoms with Crippen LogP contribution in [0.2, 0.25) is 0 Å². The molecular formula is C16H25NO2S. The summed E-state index contributed by atoms with van der Waals surface area (Å²) in [6.45, 7) is 5.69. The Bertz CT molecular complexity index is 531. The van der Waals surface area contributed by atoms with Crippen molar-refractivity contribution < 1.29 is 8.42 Å². The predicted octanol–water partition coefficient (Wildman–Crippen LogP) is 3.07. The Kier molecular flexibility index (Phi) is 5.22. The average molecular weight is 295 g/mol. The third kappa shape index (κ3) is 4.06. The van der Waals surface area contributed by atoms with Gasteiger partial charge in [-0.3, -0.25) is 0 Å². The van der Waals surface area contributed by atoms with Gasteiger partial charge in [-0.1, -0.05) is 25.5 Å². The molecule has 1 aromatic rings. The fourth-order valence-electron chi connectivity index (χ4n) is 2.87. The molecule has 0 unspecified atom stereocenters. The van der Waals surface area contributed by atoms with E-state index in [1.807, 2.05) is 12.1 Å². The lowest BCUT2D eigenvalue weighted by Crippen LogP contribution is -2.33. The molecule has 1 aliphatic heterocycles. The summed E-state index contributed by atoms with van der Waals surface area (Å²) in [4.78, 5) is 2.98. The van der Waals surface area contributed by atoms with Crippen molar-refractivity contribution in [3.63, 3.8) is 0 Å². The van der Waals surface area contributed by atoms with E-state index in [9.17, 15) is 8.42 Å². The molecule has 4 heteroatoms. The summed E-state index contributed by atoms with van der Waals surface area (Å²) < 4.78 is 23.3. The van der Waals surface area contributed by atoms with E-state index in [2.05, 4.69) is 17.9 Å². The second kappa shape index (κ2) is 6.72. The zero-order chi connectivity index (χ0) is 14.6. The van der Waals surface area contributed by atoms with E-state index in [4.69, 9.17) is 0 Å². The van der Waals surface area contributed by atoms with Crippen molar-refractivity contribution >= 4 is 9.84 Å². The summed E-state index contributed by atoms with van der Waals surface area (Å²) in [6, 6.07) is 7.49. The van der Waals surface area contributed by atoms with Crippen LogP contribution >= 0.6 is 0 Å². The molecule has 1 saturated heterocycles. The fraction of sp³-hybridized carbons (Fsp3) is 0.625. The van der Waals surface area contributed by atoms with Gasteiger partial charge in [0.1, 0.15) is 0 Å². The maximum Gasteiger partial charge on any atom is 0.175 e. The van der Waals surface area contributed by atoms with Gasteiger partial charge in [-0.15, -0.1) is 0 Å². The minimum absolute atomic E-state index is 0.448. The average Bonchev–Trinajstić information content (AvgIpc) is 2.45. The Morgan fingerprint density at radius 3 is 2.55 bits per heavy atom. The van der Waals surface area contributed by atoms with Crippen LogP contribution in [0.5, 0.6) is 0 Å². The maximum atomic E-state index is 11.6. The number of sulfone groups is 1. The van der Waals surface area contributed by atoms with Crippen molar-refractivity contribution in [3.8, 4) is 0 Å². The summed E-state index contributed by atoms with van der Waals surface area (Å²) >= 11 is 0. The zero-order valence-electron chi connectivity index (χ0n) is 12.5. The van der Waals surface area contributed by atoms with E-state index in [1.54, 1.807) is 6.07 Å². The second-order valence-corrected chi connectivity index (χ2v) is 7.83. The molecule has 0 amide bonds. The number of likely N-dealkylation sites (tertiary alicyclic amines) is 1. The highest BCUT2D eigenvalue weighted by Gasteiger charge is 2.21. The predicted molar refractivity (Wildman–Crippen MR) is 82.9 cm³/mol. The lowest BCUT2D eigenvalue weighted by atomic mass is 9.89. The van der Waals surface area contributed by atoms with Gasteiger partial charge < -0.3 is 4.90 Å². The first-order valence-corrected chi connectivity index (χ1v) is 9.42. The molecule has 0 aliphatic carbocycles. The number of rotatable bonds is 5. The molecule has 0 N–H and O–H groups in total. The quantitative estimate of drug-likeness (QED) is 0.838.